The van der Waals surface area contributed by atoms with E-state index >= 15 is 0 Å². The second-order valence-electron chi connectivity index (χ2n) is 9.91. The van der Waals surface area contributed by atoms with Gasteiger partial charge < -0.3 is 10.2 Å². The number of rotatable bonds is 4. The summed E-state index contributed by atoms with van der Waals surface area (Å²) >= 11 is 0. The Bertz CT molecular complexity index is 549. The van der Waals surface area contributed by atoms with Crippen molar-refractivity contribution in [3.63, 3.8) is 0 Å². The van der Waals surface area contributed by atoms with Crippen LogP contribution in [-0.2, 0) is 9.59 Å². The molecule has 0 aromatic heterocycles. The molecular weight excluding hydrogens is 326 g/mol. The number of carbonyl (C=O) groups excluding carboxylic acids is 2. The minimum absolute atomic E-state index is 0.116. The number of nitrogens with one attached hydrogen (secondary N) is 1. The lowest BCUT2D eigenvalue weighted by Gasteiger charge is -2.55. The topological polar surface area (TPSA) is 52.7 Å². The van der Waals surface area contributed by atoms with Crippen molar-refractivity contribution in [2.45, 2.75) is 63.8 Å². The van der Waals surface area contributed by atoms with E-state index in [4.69, 9.17) is 0 Å². The molecule has 0 radical (unpaired) electrons. The van der Waals surface area contributed by atoms with E-state index in [1.807, 2.05) is 4.90 Å². The molecule has 26 heavy (non-hydrogen) atoms. The van der Waals surface area contributed by atoms with Gasteiger partial charge in [0.1, 0.15) is 0 Å². The largest absolute Gasteiger partial charge is 0.347 e. The molecule has 0 aromatic carbocycles. The summed E-state index contributed by atoms with van der Waals surface area (Å²) in [5.74, 6) is 2.59. The van der Waals surface area contributed by atoms with E-state index in [1.165, 1.54) is 45.2 Å². The average Bonchev–Trinajstić information content (AvgIpc) is 3.29. The standard InChI is InChI=1S/C21H33N3O2/c25-19(24-6-3-18(14-24)23-4-1-2-5-23)13-22-20(26)21-10-15-7-16(11-21)9-17(8-15)12-21/h15-18H,1-14H2,(H,22,26). The molecule has 6 aliphatic rings. The zero-order valence-electron chi connectivity index (χ0n) is 15.9. The Hall–Kier alpha value is -1.10. The van der Waals surface area contributed by atoms with Gasteiger partial charge in [0.2, 0.25) is 11.8 Å². The maximum absolute atomic E-state index is 13.0. The van der Waals surface area contributed by atoms with Crippen molar-refractivity contribution in [1.82, 2.24) is 15.1 Å². The van der Waals surface area contributed by atoms with Gasteiger partial charge in [0.15, 0.2) is 0 Å². The van der Waals surface area contributed by atoms with Crippen molar-refractivity contribution in [3.8, 4) is 0 Å². The van der Waals surface area contributed by atoms with Crippen LogP contribution in [0.15, 0.2) is 0 Å². The molecule has 2 heterocycles. The van der Waals surface area contributed by atoms with Gasteiger partial charge in [0.05, 0.1) is 6.54 Å². The molecule has 1 N–H and O–H groups in total. The molecule has 6 fully saturated rings. The summed E-state index contributed by atoms with van der Waals surface area (Å²) in [5, 5.41) is 3.06. The fourth-order valence-corrected chi connectivity index (χ4v) is 7.22. The summed E-state index contributed by atoms with van der Waals surface area (Å²) in [4.78, 5) is 30.1. The zero-order valence-corrected chi connectivity index (χ0v) is 15.9. The summed E-state index contributed by atoms with van der Waals surface area (Å²) in [5.41, 5.74) is -0.141. The molecule has 4 saturated carbocycles. The highest BCUT2D eigenvalue weighted by atomic mass is 16.2. The molecule has 2 aliphatic heterocycles. The molecule has 1 unspecified atom stereocenters. The monoisotopic (exact) mass is 359 g/mol. The Morgan fingerprint density at radius 2 is 1.54 bits per heavy atom. The number of amides is 2. The van der Waals surface area contributed by atoms with Crippen LogP contribution >= 0.6 is 0 Å². The molecule has 2 saturated heterocycles. The number of carbonyl (C=O) groups is 2. The third-order valence-electron chi connectivity index (χ3n) is 8.09. The molecule has 0 spiro atoms. The molecule has 1 atom stereocenters. The molecule has 2 amide bonds. The number of nitrogens with zero attached hydrogens (tertiary/aromatic N) is 2. The summed E-state index contributed by atoms with van der Waals surface area (Å²) in [6.07, 6.45) is 10.9. The van der Waals surface area contributed by atoms with E-state index in [2.05, 4.69) is 10.2 Å². The Morgan fingerprint density at radius 3 is 2.15 bits per heavy atom. The van der Waals surface area contributed by atoms with Gasteiger partial charge >= 0.3 is 0 Å². The van der Waals surface area contributed by atoms with Crippen LogP contribution in [-0.4, -0.2) is 60.4 Å². The first-order valence-corrected chi connectivity index (χ1v) is 10.9. The fraction of sp³-hybridized carbons (Fsp3) is 0.905. The van der Waals surface area contributed by atoms with E-state index in [1.54, 1.807) is 0 Å². The second-order valence-corrected chi connectivity index (χ2v) is 9.91. The van der Waals surface area contributed by atoms with E-state index in [0.717, 1.165) is 56.5 Å². The van der Waals surface area contributed by atoms with Gasteiger partial charge in [-0.2, -0.15) is 0 Å². The normalized spacial score (nSPS) is 41.8. The lowest BCUT2D eigenvalue weighted by Crippen LogP contribution is -2.54. The molecule has 4 bridgehead atoms. The van der Waals surface area contributed by atoms with Crippen LogP contribution in [0.1, 0.15) is 57.8 Å². The molecule has 6 rings (SSSR count). The van der Waals surface area contributed by atoms with Crippen molar-refractivity contribution < 1.29 is 9.59 Å². The third kappa shape index (κ3) is 2.96. The van der Waals surface area contributed by atoms with Crippen LogP contribution in [0.2, 0.25) is 0 Å². The fourth-order valence-electron chi connectivity index (χ4n) is 7.22. The number of hydrogen-bond acceptors (Lipinski definition) is 3. The van der Waals surface area contributed by atoms with E-state index in [0.29, 0.717) is 6.04 Å². The molecule has 5 heteroatoms. The quantitative estimate of drug-likeness (QED) is 0.835. The molecule has 5 nitrogen and oxygen atoms in total. The van der Waals surface area contributed by atoms with Crippen LogP contribution in [0.3, 0.4) is 0 Å². The van der Waals surface area contributed by atoms with Crippen LogP contribution < -0.4 is 5.32 Å². The van der Waals surface area contributed by atoms with Gasteiger partial charge in [-0.05, 0) is 88.6 Å². The first-order chi connectivity index (χ1) is 12.6. The predicted molar refractivity (Wildman–Crippen MR) is 99.4 cm³/mol. The number of hydrogen-bond donors (Lipinski definition) is 1. The molecule has 0 aromatic rings. The summed E-state index contributed by atoms with van der Waals surface area (Å²) in [6, 6.07) is 0.542. The predicted octanol–water partition coefficient (Wildman–Crippen LogP) is 2.02. The minimum Gasteiger partial charge on any atom is -0.347 e. The maximum atomic E-state index is 13.0. The van der Waals surface area contributed by atoms with Gasteiger partial charge in [-0.1, -0.05) is 0 Å². The van der Waals surface area contributed by atoms with E-state index in [9.17, 15) is 9.59 Å². The molecule has 4 aliphatic carbocycles. The average molecular weight is 360 g/mol. The van der Waals surface area contributed by atoms with Crippen molar-refractivity contribution in [2.75, 3.05) is 32.7 Å². The van der Waals surface area contributed by atoms with Crippen molar-refractivity contribution >= 4 is 11.8 Å². The first-order valence-electron chi connectivity index (χ1n) is 10.9. The highest BCUT2D eigenvalue weighted by Crippen LogP contribution is 2.60. The van der Waals surface area contributed by atoms with Crippen molar-refractivity contribution in [3.05, 3.63) is 0 Å². The highest BCUT2D eigenvalue weighted by molar-refractivity contribution is 5.88. The minimum atomic E-state index is -0.141. The van der Waals surface area contributed by atoms with Crippen LogP contribution in [0.4, 0.5) is 0 Å². The van der Waals surface area contributed by atoms with Gasteiger partial charge in [-0.3, -0.25) is 14.5 Å². The lowest BCUT2D eigenvalue weighted by atomic mass is 9.49. The molecule has 144 valence electrons. The zero-order chi connectivity index (χ0) is 17.7. The SMILES string of the molecule is O=C(CNC(=O)C12CC3CC(CC(C3)C1)C2)N1CCC(N2CCCC2)C1. The molecular formula is C21H33N3O2. The Kier molecular flexibility index (Phi) is 4.26. The lowest BCUT2D eigenvalue weighted by molar-refractivity contribution is -0.147. The van der Waals surface area contributed by atoms with Gasteiger partial charge in [0, 0.05) is 24.5 Å². The number of likely N-dealkylation sites (tertiary alicyclic amines) is 2. The van der Waals surface area contributed by atoms with Gasteiger partial charge in [-0.15, -0.1) is 0 Å². The Labute approximate surface area is 156 Å². The Balaban J connectivity index is 1.14. The van der Waals surface area contributed by atoms with E-state index in [-0.39, 0.29) is 23.8 Å². The first kappa shape index (κ1) is 17.0. The summed E-state index contributed by atoms with van der Waals surface area (Å²) in [6.45, 7) is 4.29. The second kappa shape index (κ2) is 6.50. The van der Waals surface area contributed by atoms with Crippen LogP contribution in [0.25, 0.3) is 0 Å². The van der Waals surface area contributed by atoms with Crippen molar-refractivity contribution in [2.24, 2.45) is 23.2 Å². The van der Waals surface area contributed by atoms with Gasteiger partial charge in [0.25, 0.3) is 0 Å². The van der Waals surface area contributed by atoms with Gasteiger partial charge in [-0.25, -0.2) is 0 Å². The van der Waals surface area contributed by atoms with Crippen LogP contribution in [0, 0.1) is 23.2 Å². The highest BCUT2D eigenvalue weighted by Gasteiger charge is 2.54. The summed E-state index contributed by atoms with van der Waals surface area (Å²) in [7, 11) is 0. The van der Waals surface area contributed by atoms with Crippen molar-refractivity contribution in [1.29, 1.82) is 0 Å². The summed E-state index contributed by atoms with van der Waals surface area (Å²) < 4.78 is 0. The Morgan fingerprint density at radius 1 is 0.923 bits per heavy atom. The van der Waals surface area contributed by atoms with Crippen LogP contribution in [0.5, 0.6) is 0 Å². The third-order valence-corrected chi connectivity index (χ3v) is 8.09. The van der Waals surface area contributed by atoms with E-state index < -0.39 is 0 Å². The smallest absolute Gasteiger partial charge is 0.242 e. The maximum Gasteiger partial charge on any atom is 0.242 e.